The van der Waals surface area contributed by atoms with Crippen LogP contribution in [0.15, 0.2) is 84.0 Å². The fourth-order valence-electron chi connectivity index (χ4n) is 5.16. The Morgan fingerprint density at radius 3 is 2.36 bits per heavy atom. The van der Waals surface area contributed by atoms with Crippen LogP contribution in [-0.2, 0) is 16.6 Å². The number of piperidine rings is 1. The SMILES string of the molecule is N#Cc1nc2cnc3c(ccn3S(=O)(=O)c3ccccc3)c2n1C1CCN(Cc2ccccc2)CC1. The molecule has 5 aromatic rings. The monoisotopic (exact) mass is 496 g/mol. The first-order valence-electron chi connectivity index (χ1n) is 11.9. The van der Waals surface area contributed by atoms with Gasteiger partial charge in [-0.25, -0.2) is 22.4 Å². The van der Waals surface area contributed by atoms with Crippen LogP contribution < -0.4 is 0 Å². The van der Waals surface area contributed by atoms with Gasteiger partial charge in [-0.1, -0.05) is 48.5 Å². The molecule has 180 valence electrons. The maximum Gasteiger partial charge on any atom is 0.269 e. The molecular formula is C27H24N6O2S. The number of hydrogen-bond acceptors (Lipinski definition) is 6. The lowest BCUT2D eigenvalue weighted by Gasteiger charge is -2.33. The Hall–Kier alpha value is -4.00. The Bertz CT molecular complexity index is 1690. The summed E-state index contributed by atoms with van der Waals surface area (Å²) < 4.78 is 29.9. The first kappa shape index (κ1) is 22.5. The summed E-state index contributed by atoms with van der Waals surface area (Å²) in [7, 11) is -3.81. The molecule has 2 aromatic carbocycles. The lowest BCUT2D eigenvalue weighted by molar-refractivity contribution is 0.181. The van der Waals surface area contributed by atoms with E-state index in [4.69, 9.17) is 0 Å². The van der Waals surface area contributed by atoms with Gasteiger partial charge in [-0.05, 0) is 36.6 Å². The normalized spacial score (nSPS) is 15.4. The molecule has 1 fully saturated rings. The molecule has 0 unspecified atom stereocenters. The molecule has 8 nitrogen and oxygen atoms in total. The van der Waals surface area contributed by atoms with Crippen LogP contribution in [0.5, 0.6) is 0 Å². The summed E-state index contributed by atoms with van der Waals surface area (Å²) in [6.07, 6.45) is 4.85. The number of nitrogens with zero attached hydrogens (tertiary/aromatic N) is 6. The van der Waals surface area contributed by atoms with E-state index in [1.54, 1.807) is 42.6 Å². The van der Waals surface area contributed by atoms with Gasteiger partial charge in [0.15, 0.2) is 5.65 Å². The van der Waals surface area contributed by atoms with Crippen LogP contribution in [0.1, 0.15) is 30.3 Å². The highest BCUT2D eigenvalue weighted by Gasteiger charge is 2.27. The molecule has 0 aliphatic carbocycles. The lowest BCUT2D eigenvalue weighted by atomic mass is 10.0. The largest absolute Gasteiger partial charge is 0.312 e. The molecule has 6 rings (SSSR count). The second kappa shape index (κ2) is 8.90. The Balaban J connectivity index is 1.38. The molecule has 0 spiro atoms. The average molecular weight is 497 g/mol. The quantitative estimate of drug-likeness (QED) is 0.359. The maximum absolute atomic E-state index is 13.3. The van der Waals surface area contributed by atoms with Crippen molar-refractivity contribution in [3.05, 3.63) is 90.5 Å². The van der Waals surface area contributed by atoms with Crippen LogP contribution in [0.4, 0.5) is 0 Å². The van der Waals surface area contributed by atoms with Crippen molar-refractivity contribution in [2.24, 2.45) is 0 Å². The van der Waals surface area contributed by atoms with Gasteiger partial charge >= 0.3 is 0 Å². The van der Waals surface area contributed by atoms with E-state index in [1.807, 2.05) is 10.6 Å². The molecule has 0 atom stereocenters. The highest BCUT2D eigenvalue weighted by Crippen LogP contribution is 2.33. The first-order chi connectivity index (χ1) is 17.6. The average Bonchev–Trinajstić information content (AvgIpc) is 3.52. The van der Waals surface area contributed by atoms with Gasteiger partial charge in [0.1, 0.15) is 11.6 Å². The number of nitriles is 1. The van der Waals surface area contributed by atoms with Crippen LogP contribution in [-0.4, -0.2) is 44.9 Å². The third-order valence-electron chi connectivity index (χ3n) is 6.90. The van der Waals surface area contributed by atoms with Crippen molar-refractivity contribution >= 4 is 32.1 Å². The van der Waals surface area contributed by atoms with Crippen molar-refractivity contribution in [1.82, 2.24) is 23.4 Å². The van der Waals surface area contributed by atoms with E-state index in [0.717, 1.165) is 38.0 Å². The van der Waals surface area contributed by atoms with Gasteiger partial charge in [0.2, 0.25) is 5.82 Å². The van der Waals surface area contributed by atoms with E-state index in [0.29, 0.717) is 22.4 Å². The van der Waals surface area contributed by atoms with Gasteiger partial charge in [-0.3, -0.25) is 4.90 Å². The fraction of sp³-hybridized carbons (Fsp3) is 0.222. The molecule has 36 heavy (non-hydrogen) atoms. The standard InChI is InChI=1S/C27H24N6O2S/c28-17-25-30-24-18-29-27-23(13-16-32(27)36(34,35)22-9-5-2-6-10-22)26(24)33(25)21-11-14-31(15-12-21)19-20-7-3-1-4-8-20/h1-10,13,16,18,21H,11-12,14-15,19H2. The number of imidazole rings is 1. The second-order valence-corrected chi connectivity index (χ2v) is 10.9. The van der Waals surface area contributed by atoms with Gasteiger partial charge < -0.3 is 4.57 Å². The van der Waals surface area contributed by atoms with Crippen LogP contribution >= 0.6 is 0 Å². The summed E-state index contributed by atoms with van der Waals surface area (Å²) in [5, 5.41) is 10.6. The van der Waals surface area contributed by atoms with E-state index in [-0.39, 0.29) is 10.9 Å². The predicted octanol–water partition coefficient (Wildman–Crippen LogP) is 4.33. The predicted molar refractivity (Wildman–Crippen MR) is 137 cm³/mol. The number of hydrogen-bond donors (Lipinski definition) is 0. The van der Waals surface area contributed by atoms with E-state index in [2.05, 4.69) is 45.2 Å². The molecule has 0 radical (unpaired) electrons. The molecule has 0 N–H and O–H groups in total. The molecule has 1 aliphatic rings. The minimum atomic E-state index is -3.81. The van der Waals surface area contributed by atoms with Gasteiger partial charge in [-0.15, -0.1) is 0 Å². The van der Waals surface area contributed by atoms with Crippen molar-refractivity contribution in [3.8, 4) is 6.07 Å². The molecule has 1 saturated heterocycles. The van der Waals surface area contributed by atoms with Gasteiger partial charge in [0, 0.05) is 37.3 Å². The van der Waals surface area contributed by atoms with Gasteiger partial charge in [0.25, 0.3) is 10.0 Å². The molecule has 0 amide bonds. The summed E-state index contributed by atoms with van der Waals surface area (Å²) >= 11 is 0. The minimum Gasteiger partial charge on any atom is -0.312 e. The van der Waals surface area contributed by atoms with E-state index >= 15 is 0 Å². The topological polar surface area (TPSA) is 96.8 Å². The summed E-state index contributed by atoms with van der Waals surface area (Å²) in [4.78, 5) is 11.6. The van der Waals surface area contributed by atoms with E-state index in [1.165, 1.54) is 15.7 Å². The third-order valence-corrected chi connectivity index (χ3v) is 8.58. The van der Waals surface area contributed by atoms with Crippen molar-refractivity contribution in [3.63, 3.8) is 0 Å². The number of rotatable bonds is 5. The molecular weight excluding hydrogens is 472 g/mol. The zero-order valence-electron chi connectivity index (χ0n) is 19.5. The van der Waals surface area contributed by atoms with Crippen molar-refractivity contribution < 1.29 is 8.42 Å². The number of pyridine rings is 1. The number of likely N-dealkylation sites (tertiary alicyclic amines) is 1. The van der Waals surface area contributed by atoms with E-state index < -0.39 is 10.0 Å². The number of benzene rings is 2. The molecule has 0 bridgehead atoms. The third kappa shape index (κ3) is 3.75. The van der Waals surface area contributed by atoms with Gasteiger partial charge in [-0.2, -0.15) is 5.26 Å². The maximum atomic E-state index is 13.3. The molecule has 4 heterocycles. The Morgan fingerprint density at radius 1 is 0.972 bits per heavy atom. The summed E-state index contributed by atoms with van der Waals surface area (Å²) in [6, 6.07) is 22.8. The highest BCUT2D eigenvalue weighted by molar-refractivity contribution is 7.90. The summed E-state index contributed by atoms with van der Waals surface area (Å²) in [6.45, 7) is 2.71. The van der Waals surface area contributed by atoms with E-state index in [9.17, 15) is 13.7 Å². The number of aromatic nitrogens is 4. The highest BCUT2D eigenvalue weighted by atomic mass is 32.2. The first-order valence-corrected chi connectivity index (χ1v) is 13.4. The summed E-state index contributed by atoms with van der Waals surface area (Å²) in [5.74, 6) is 0.333. The van der Waals surface area contributed by atoms with Crippen molar-refractivity contribution in [2.45, 2.75) is 30.3 Å². The summed E-state index contributed by atoms with van der Waals surface area (Å²) in [5.41, 5.74) is 2.98. The smallest absolute Gasteiger partial charge is 0.269 e. The zero-order valence-corrected chi connectivity index (χ0v) is 20.3. The van der Waals surface area contributed by atoms with Crippen LogP contribution in [0.2, 0.25) is 0 Å². The Kier molecular flexibility index (Phi) is 5.55. The van der Waals surface area contributed by atoms with Gasteiger partial charge in [0.05, 0.1) is 16.6 Å². The molecule has 9 heteroatoms. The lowest BCUT2D eigenvalue weighted by Crippen LogP contribution is -2.34. The zero-order chi connectivity index (χ0) is 24.7. The molecule has 0 saturated carbocycles. The molecule has 3 aromatic heterocycles. The Morgan fingerprint density at radius 2 is 1.67 bits per heavy atom. The minimum absolute atomic E-state index is 0.0938. The molecule has 1 aliphatic heterocycles. The fourth-order valence-corrected chi connectivity index (χ4v) is 6.48. The van der Waals surface area contributed by atoms with Crippen LogP contribution in [0, 0.1) is 11.3 Å². The van der Waals surface area contributed by atoms with Crippen LogP contribution in [0.3, 0.4) is 0 Å². The number of fused-ring (bicyclic) bond motifs is 3. The van der Waals surface area contributed by atoms with Crippen molar-refractivity contribution in [2.75, 3.05) is 13.1 Å². The van der Waals surface area contributed by atoms with Crippen LogP contribution in [0.25, 0.3) is 22.1 Å². The Labute approximate surface area is 209 Å². The van der Waals surface area contributed by atoms with Crippen molar-refractivity contribution in [1.29, 1.82) is 5.26 Å². The second-order valence-electron chi connectivity index (χ2n) is 9.07.